The summed E-state index contributed by atoms with van der Waals surface area (Å²) >= 11 is 0. The van der Waals surface area contributed by atoms with Crippen LogP contribution < -0.4 is 0 Å². The third-order valence-electron chi connectivity index (χ3n) is 4.60. The van der Waals surface area contributed by atoms with E-state index in [9.17, 15) is 4.79 Å². The zero-order valence-corrected chi connectivity index (χ0v) is 13.6. The number of urea groups is 1. The van der Waals surface area contributed by atoms with Gasteiger partial charge >= 0.3 is 6.03 Å². The van der Waals surface area contributed by atoms with E-state index in [-0.39, 0.29) is 12.1 Å². The van der Waals surface area contributed by atoms with Crippen LogP contribution in [0, 0.1) is 6.92 Å². The molecule has 2 aliphatic rings. The fourth-order valence-electron chi connectivity index (χ4n) is 3.33. The van der Waals surface area contributed by atoms with Gasteiger partial charge in [0.05, 0.1) is 13.2 Å². The maximum Gasteiger partial charge on any atom is 0.321 e. The van der Waals surface area contributed by atoms with Gasteiger partial charge in [0.1, 0.15) is 6.04 Å². The van der Waals surface area contributed by atoms with Crippen molar-refractivity contribution in [2.24, 2.45) is 0 Å². The molecule has 24 heavy (non-hydrogen) atoms. The number of fused-ring (bicyclic) bond motifs is 1. The second kappa shape index (κ2) is 6.24. The van der Waals surface area contributed by atoms with E-state index in [1.807, 2.05) is 21.9 Å². The fraction of sp³-hybridized carbons (Fsp3) is 0.471. The zero-order chi connectivity index (χ0) is 16.5. The molecule has 1 fully saturated rings. The number of amides is 2. The second-order valence-corrected chi connectivity index (χ2v) is 6.16. The number of rotatable bonds is 1. The van der Waals surface area contributed by atoms with Crippen molar-refractivity contribution in [1.29, 1.82) is 0 Å². The van der Waals surface area contributed by atoms with E-state index in [1.54, 1.807) is 6.92 Å². The summed E-state index contributed by atoms with van der Waals surface area (Å²) in [6.07, 6.45) is 0.688. The highest BCUT2D eigenvalue weighted by Gasteiger charge is 2.36. The summed E-state index contributed by atoms with van der Waals surface area (Å²) in [4.78, 5) is 16.7. The van der Waals surface area contributed by atoms with Crippen LogP contribution in [0.15, 0.2) is 28.7 Å². The second-order valence-electron chi connectivity index (χ2n) is 6.16. The van der Waals surface area contributed by atoms with E-state index in [2.05, 4.69) is 22.3 Å². The van der Waals surface area contributed by atoms with Crippen molar-refractivity contribution in [3.8, 4) is 0 Å². The Bertz CT molecular complexity index is 739. The highest BCUT2D eigenvalue weighted by atomic mass is 16.5. The number of aromatic nitrogens is 2. The standard InChI is InChI=1S/C17H20N4O3/c1-12-18-19-16(24-12)15-10-13-4-2-3-5-14(13)11-21(15)17(22)20-6-8-23-9-7-20/h2-5,15H,6-11H2,1H3. The van der Waals surface area contributed by atoms with Crippen LogP contribution in [-0.4, -0.2) is 52.3 Å². The normalized spacial score (nSPS) is 20.8. The molecule has 4 rings (SSSR count). The molecule has 0 spiro atoms. The smallest absolute Gasteiger partial charge is 0.321 e. The largest absolute Gasteiger partial charge is 0.423 e. The van der Waals surface area contributed by atoms with Crippen LogP contribution in [0.2, 0.25) is 0 Å². The highest BCUT2D eigenvalue weighted by molar-refractivity contribution is 5.75. The SMILES string of the molecule is Cc1nnc(C2Cc3ccccc3CN2C(=O)N2CCOCC2)o1. The van der Waals surface area contributed by atoms with Crippen molar-refractivity contribution in [3.05, 3.63) is 47.2 Å². The number of ether oxygens (including phenoxy) is 1. The lowest BCUT2D eigenvalue weighted by molar-refractivity contribution is 0.0349. The average molecular weight is 328 g/mol. The zero-order valence-electron chi connectivity index (χ0n) is 13.6. The Balaban J connectivity index is 1.66. The summed E-state index contributed by atoms with van der Waals surface area (Å²) in [5.41, 5.74) is 2.40. The fourth-order valence-corrected chi connectivity index (χ4v) is 3.33. The van der Waals surface area contributed by atoms with Crippen LogP contribution in [0.5, 0.6) is 0 Å². The first kappa shape index (κ1) is 15.1. The van der Waals surface area contributed by atoms with Gasteiger partial charge in [-0.15, -0.1) is 10.2 Å². The van der Waals surface area contributed by atoms with Gasteiger partial charge in [-0.2, -0.15) is 0 Å². The molecule has 3 heterocycles. The summed E-state index contributed by atoms with van der Waals surface area (Å²) in [6.45, 7) is 4.72. The van der Waals surface area contributed by atoms with Gasteiger partial charge in [0, 0.05) is 33.0 Å². The maximum atomic E-state index is 13.1. The van der Waals surface area contributed by atoms with Crippen molar-refractivity contribution in [1.82, 2.24) is 20.0 Å². The molecule has 126 valence electrons. The van der Waals surface area contributed by atoms with Crippen molar-refractivity contribution >= 4 is 6.03 Å². The number of hydrogen-bond donors (Lipinski definition) is 0. The molecule has 7 heteroatoms. The van der Waals surface area contributed by atoms with Gasteiger partial charge in [-0.3, -0.25) is 0 Å². The number of aryl methyl sites for hydroxylation is 1. The molecule has 0 bridgehead atoms. The maximum absolute atomic E-state index is 13.1. The molecular weight excluding hydrogens is 308 g/mol. The topological polar surface area (TPSA) is 71.7 Å². The average Bonchev–Trinajstić information content (AvgIpc) is 3.07. The molecular formula is C17H20N4O3. The lowest BCUT2D eigenvalue weighted by atomic mass is 9.94. The molecule has 2 aromatic rings. The Morgan fingerprint density at radius 2 is 1.92 bits per heavy atom. The van der Waals surface area contributed by atoms with Crippen molar-refractivity contribution < 1.29 is 13.9 Å². The summed E-state index contributed by atoms with van der Waals surface area (Å²) in [7, 11) is 0. The van der Waals surface area contributed by atoms with Crippen molar-refractivity contribution in [2.75, 3.05) is 26.3 Å². The van der Waals surface area contributed by atoms with Gasteiger partial charge in [0.25, 0.3) is 0 Å². The third-order valence-corrected chi connectivity index (χ3v) is 4.60. The first-order valence-electron chi connectivity index (χ1n) is 8.22. The third kappa shape index (κ3) is 2.75. The van der Waals surface area contributed by atoms with E-state index in [0.29, 0.717) is 51.1 Å². The Morgan fingerprint density at radius 3 is 2.62 bits per heavy atom. The van der Waals surface area contributed by atoms with E-state index in [4.69, 9.17) is 9.15 Å². The number of benzene rings is 1. The molecule has 2 amide bonds. The van der Waals surface area contributed by atoms with E-state index in [0.717, 1.165) is 0 Å². The molecule has 1 unspecified atom stereocenters. The van der Waals surface area contributed by atoms with Crippen LogP contribution in [-0.2, 0) is 17.7 Å². The first-order chi connectivity index (χ1) is 11.7. The summed E-state index contributed by atoms with van der Waals surface area (Å²) in [5.74, 6) is 1.02. The van der Waals surface area contributed by atoms with Gasteiger partial charge < -0.3 is 19.0 Å². The van der Waals surface area contributed by atoms with Crippen LogP contribution in [0.25, 0.3) is 0 Å². The number of carbonyl (C=O) groups is 1. The minimum atomic E-state index is -0.226. The molecule has 2 aliphatic heterocycles. The predicted octanol–water partition coefficient (Wildman–Crippen LogP) is 1.93. The van der Waals surface area contributed by atoms with E-state index in [1.165, 1.54) is 11.1 Å². The number of hydrogen-bond acceptors (Lipinski definition) is 5. The van der Waals surface area contributed by atoms with Gasteiger partial charge in [-0.05, 0) is 11.1 Å². The Kier molecular flexibility index (Phi) is 3.93. The quantitative estimate of drug-likeness (QED) is 0.800. The van der Waals surface area contributed by atoms with Crippen LogP contribution in [0.1, 0.15) is 29.0 Å². The molecule has 0 N–H and O–H groups in total. The molecule has 1 aromatic heterocycles. The number of carbonyl (C=O) groups excluding carboxylic acids is 1. The van der Waals surface area contributed by atoms with Crippen LogP contribution in [0.4, 0.5) is 4.79 Å². The first-order valence-corrected chi connectivity index (χ1v) is 8.22. The summed E-state index contributed by atoms with van der Waals surface area (Å²) in [5, 5.41) is 8.10. The number of nitrogens with zero attached hydrogens (tertiary/aromatic N) is 4. The van der Waals surface area contributed by atoms with E-state index < -0.39 is 0 Å². The monoisotopic (exact) mass is 328 g/mol. The molecule has 1 saturated heterocycles. The van der Waals surface area contributed by atoms with Gasteiger partial charge in [-0.25, -0.2) is 4.79 Å². The van der Waals surface area contributed by atoms with Gasteiger partial charge in [0.2, 0.25) is 11.8 Å². The Morgan fingerprint density at radius 1 is 1.17 bits per heavy atom. The lowest BCUT2D eigenvalue weighted by Crippen LogP contribution is -2.50. The predicted molar refractivity (Wildman–Crippen MR) is 85.3 cm³/mol. The van der Waals surface area contributed by atoms with Crippen molar-refractivity contribution in [2.45, 2.75) is 25.9 Å². The van der Waals surface area contributed by atoms with Gasteiger partial charge in [-0.1, -0.05) is 24.3 Å². The Hall–Kier alpha value is -2.41. The van der Waals surface area contributed by atoms with Crippen LogP contribution >= 0.6 is 0 Å². The molecule has 0 radical (unpaired) electrons. The molecule has 0 aliphatic carbocycles. The lowest BCUT2D eigenvalue weighted by Gasteiger charge is -2.39. The molecule has 0 saturated carbocycles. The molecule has 1 aromatic carbocycles. The molecule has 7 nitrogen and oxygen atoms in total. The van der Waals surface area contributed by atoms with Gasteiger partial charge in [0.15, 0.2) is 0 Å². The minimum Gasteiger partial charge on any atom is -0.423 e. The van der Waals surface area contributed by atoms with Crippen molar-refractivity contribution in [3.63, 3.8) is 0 Å². The summed E-state index contributed by atoms with van der Waals surface area (Å²) in [6, 6.07) is 7.99. The minimum absolute atomic E-state index is 0.00801. The molecule has 1 atom stereocenters. The van der Waals surface area contributed by atoms with Crippen LogP contribution in [0.3, 0.4) is 0 Å². The summed E-state index contributed by atoms with van der Waals surface area (Å²) < 4.78 is 11.0. The highest BCUT2D eigenvalue weighted by Crippen LogP contribution is 2.33. The number of morpholine rings is 1. The Labute approximate surface area is 140 Å². The van der Waals surface area contributed by atoms with E-state index >= 15 is 0 Å².